The quantitative estimate of drug-likeness (QED) is 0.146. The third-order valence-corrected chi connectivity index (χ3v) is 6.14. The van der Waals surface area contributed by atoms with Gasteiger partial charge in [0.15, 0.2) is 0 Å². The summed E-state index contributed by atoms with van der Waals surface area (Å²) in [4.78, 5) is 20.4. The number of rotatable bonds is 9. The number of benzene rings is 3. The lowest BCUT2D eigenvalue weighted by Gasteiger charge is -2.13. The van der Waals surface area contributed by atoms with Crippen LogP contribution < -0.4 is 15.2 Å². The van der Waals surface area contributed by atoms with Crippen molar-refractivity contribution in [3.8, 4) is 5.75 Å². The molecular weight excluding hydrogens is 550 g/mol. The molecule has 39 heavy (non-hydrogen) atoms. The first-order valence-corrected chi connectivity index (χ1v) is 12.1. The van der Waals surface area contributed by atoms with Crippen molar-refractivity contribution >= 4 is 33.5 Å². The summed E-state index contributed by atoms with van der Waals surface area (Å²) >= 11 is 0. The fraction of sp³-hybridized carbons (Fsp3) is 0.125. The molecule has 0 unspecified atom stereocenters. The van der Waals surface area contributed by atoms with Gasteiger partial charge in [-0.25, -0.2) is 22.4 Å². The number of aromatic carboxylic acids is 1. The maximum absolute atomic E-state index is 13.0. The molecule has 6 N–H and O–H groups in total. The van der Waals surface area contributed by atoms with E-state index in [0.717, 1.165) is 35.9 Å². The molecule has 0 fully saturated rings. The predicted octanol–water partition coefficient (Wildman–Crippen LogP) is 3.86. The van der Waals surface area contributed by atoms with Crippen LogP contribution in [0.2, 0.25) is 0 Å². The van der Waals surface area contributed by atoms with Gasteiger partial charge in [0.05, 0.1) is 11.5 Å². The van der Waals surface area contributed by atoms with Crippen molar-refractivity contribution in [2.24, 2.45) is 5.73 Å². The fourth-order valence-electron chi connectivity index (χ4n) is 2.84. The predicted molar refractivity (Wildman–Crippen MR) is 131 cm³/mol. The number of halogens is 4. The van der Waals surface area contributed by atoms with Crippen LogP contribution in [0.1, 0.15) is 21.5 Å². The van der Waals surface area contributed by atoms with Gasteiger partial charge in [0.2, 0.25) is 0 Å². The van der Waals surface area contributed by atoms with Crippen LogP contribution in [0.25, 0.3) is 0 Å². The number of aliphatic carboxylic acids is 1. The van der Waals surface area contributed by atoms with Gasteiger partial charge >= 0.3 is 18.1 Å². The number of hydrogen-bond donors (Lipinski definition) is 5. The van der Waals surface area contributed by atoms with Crippen molar-refractivity contribution in [1.82, 2.24) is 0 Å². The second-order valence-corrected chi connectivity index (χ2v) is 9.27. The monoisotopic (exact) mass is 571 g/mol. The van der Waals surface area contributed by atoms with Gasteiger partial charge in [-0.05, 0) is 48.0 Å². The molecule has 0 spiro atoms. The number of amidine groups is 1. The Morgan fingerprint density at radius 2 is 1.54 bits per heavy atom. The third-order valence-electron chi connectivity index (χ3n) is 4.74. The maximum Gasteiger partial charge on any atom is 0.490 e. The molecule has 0 aliphatic rings. The number of nitrogen functional groups attached to an aromatic ring is 1. The number of anilines is 1. The van der Waals surface area contributed by atoms with Gasteiger partial charge < -0.3 is 20.7 Å². The molecule has 0 saturated heterocycles. The Morgan fingerprint density at radius 1 is 0.974 bits per heavy atom. The van der Waals surface area contributed by atoms with Crippen LogP contribution in [0.5, 0.6) is 5.75 Å². The highest BCUT2D eigenvalue weighted by molar-refractivity contribution is 7.92. The number of sulfonamides is 1. The van der Waals surface area contributed by atoms with Crippen LogP contribution in [-0.4, -0.2) is 49.2 Å². The van der Waals surface area contributed by atoms with Crippen LogP contribution in [0.4, 0.5) is 23.2 Å². The number of nitrogens with two attached hydrogens (primary N) is 1. The minimum atomic E-state index is -5.08. The molecule has 0 amide bonds. The SMILES string of the molecule is N=C(N)c1ccc(CCOc2ccc(NS(=O)(=O)c3ccc(F)cc3)cc2C(=O)O)cc1.O=C(O)C(F)(F)F. The van der Waals surface area contributed by atoms with Gasteiger partial charge in [-0.1, -0.05) is 24.3 Å². The highest BCUT2D eigenvalue weighted by atomic mass is 32.2. The Hall–Kier alpha value is -4.66. The molecule has 3 rings (SSSR count). The fourth-order valence-corrected chi connectivity index (χ4v) is 3.89. The van der Waals surface area contributed by atoms with Crippen molar-refractivity contribution in [3.05, 3.63) is 89.2 Å². The average molecular weight is 572 g/mol. The smallest absolute Gasteiger partial charge is 0.490 e. The normalized spacial score (nSPS) is 11.1. The minimum Gasteiger partial charge on any atom is -0.492 e. The molecule has 0 aliphatic heterocycles. The lowest BCUT2D eigenvalue weighted by atomic mass is 10.1. The standard InChI is InChI=1S/C22H20FN3O5S.C2HF3O2/c23-16-5-8-18(9-6-16)32(29,30)26-17-7-10-20(19(13-17)22(27)28)31-12-11-14-1-3-15(4-2-14)21(24)25;3-2(4,5)1(6)7/h1-10,13,26H,11-12H2,(H3,24,25)(H,27,28);(H,6,7). The molecule has 15 heteroatoms. The zero-order valence-corrected chi connectivity index (χ0v) is 20.5. The van der Waals surface area contributed by atoms with Crippen molar-refractivity contribution in [2.75, 3.05) is 11.3 Å². The highest BCUT2D eigenvalue weighted by Gasteiger charge is 2.38. The van der Waals surface area contributed by atoms with E-state index in [9.17, 15) is 35.9 Å². The second kappa shape index (κ2) is 12.7. The molecule has 0 atom stereocenters. The van der Waals surface area contributed by atoms with E-state index in [1.54, 1.807) is 24.3 Å². The van der Waals surface area contributed by atoms with Crippen LogP contribution in [0.3, 0.4) is 0 Å². The molecule has 0 aliphatic carbocycles. The molecule has 0 saturated carbocycles. The molecule has 3 aromatic rings. The molecule has 3 aromatic carbocycles. The summed E-state index contributed by atoms with van der Waals surface area (Å²) in [5, 5.41) is 24.0. The highest BCUT2D eigenvalue weighted by Crippen LogP contribution is 2.25. The molecule has 208 valence electrons. The third kappa shape index (κ3) is 9.30. The van der Waals surface area contributed by atoms with E-state index in [-0.39, 0.29) is 34.3 Å². The van der Waals surface area contributed by atoms with Crippen molar-refractivity contribution in [1.29, 1.82) is 5.41 Å². The zero-order valence-electron chi connectivity index (χ0n) is 19.7. The number of nitrogens with one attached hydrogen (secondary N) is 2. The summed E-state index contributed by atoms with van der Waals surface area (Å²) in [5.74, 6) is -4.56. The Morgan fingerprint density at radius 3 is 2.03 bits per heavy atom. The number of carboxylic acids is 2. The van der Waals surface area contributed by atoms with E-state index in [4.69, 9.17) is 25.8 Å². The molecule has 10 nitrogen and oxygen atoms in total. The van der Waals surface area contributed by atoms with Crippen molar-refractivity contribution < 1.29 is 50.5 Å². The van der Waals surface area contributed by atoms with Gasteiger partial charge in [0.25, 0.3) is 10.0 Å². The second-order valence-electron chi connectivity index (χ2n) is 7.59. The molecule has 0 aromatic heterocycles. The van der Waals surface area contributed by atoms with Gasteiger partial charge in [-0.3, -0.25) is 10.1 Å². The first kappa shape index (κ1) is 30.6. The number of ether oxygens (including phenoxy) is 1. The lowest BCUT2D eigenvalue weighted by molar-refractivity contribution is -0.192. The number of carbonyl (C=O) groups is 2. The molecule has 0 radical (unpaired) electrons. The Labute approximate surface area is 219 Å². The van der Waals surface area contributed by atoms with Crippen LogP contribution >= 0.6 is 0 Å². The van der Waals surface area contributed by atoms with E-state index in [0.29, 0.717) is 12.0 Å². The van der Waals surface area contributed by atoms with E-state index in [2.05, 4.69) is 4.72 Å². The minimum absolute atomic E-state index is 0.0268. The first-order valence-electron chi connectivity index (χ1n) is 10.6. The van der Waals surface area contributed by atoms with E-state index in [1.807, 2.05) is 0 Å². The zero-order chi connectivity index (χ0) is 29.4. The summed E-state index contributed by atoms with van der Waals surface area (Å²) in [6.45, 7) is 0.181. The summed E-state index contributed by atoms with van der Waals surface area (Å²) in [5.41, 5.74) is 6.75. The number of hydrogen-bond acceptors (Lipinski definition) is 6. The van der Waals surface area contributed by atoms with E-state index >= 15 is 0 Å². The van der Waals surface area contributed by atoms with E-state index < -0.39 is 34.0 Å². The molecule has 0 bridgehead atoms. The van der Waals surface area contributed by atoms with Crippen molar-refractivity contribution in [3.63, 3.8) is 0 Å². The maximum atomic E-state index is 13.0. The average Bonchev–Trinajstić information content (AvgIpc) is 2.85. The summed E-state index contributed by atoms with van der Waals surface area (Å²) < 4.78 is 77.5. The summed E-state index contributed by atoms with van der Waals surface area (Å²) in [6.07, 6.45) is -4.60. The van der Waals surface area contributed by atoms with Crippen LogP contribution in [0, 0.1) is 11.2 Å². The summed E-state index contributed by atoms with van der Waals surface area (Å²) in [6, 6.07) is 15.2. The molecule has 0 heterocycles. The Balaban J connectivity index is 0.000000673. The molecular formula is C24H21F4N3O7S. The van der Waals surface area contributed by atoms with Crippen molar-refractivity contribution in [2.45, 2.75) is 17.5 Å². The number of carboxylic acid groups (broad SMARTS) is 2. The Bertz CT molecular complexity index is 1440. The van der Waals surface area contributed by atoms with Crippen LogP contribution in [0.15, 0.2) is 71.6 Å². The van der Waals surface area contributed by atoms with Gasteiger partial charge in [-0.15, -0.1) is 0 Å². The lowest BCUT2D eigenvalue weighted by Crippen LogP contribution is -2.21. The summed E-state index contributed by atoms with van der Waals surface area (Å²) in [7, 11) is -4.02. The van der Waals surface area contributed by atoms with E-state index in [1.165, 1.54) is 12.1 Å². The Kier molecular flexibility index (Phi) is 9.97. The van der Waals surface area contributed by atoms with Crippen LogP contribution in [-0.2, 0) is 21.2 Å². The first-order chi connectivity index (χ1) is 18.1. The largest absolute Gasteiger partial charge is 0.492 e. The number of alkyl halides is 3. The van der Waals surface area contributed by atoms with Gasteiger partial charge in [0, 0.05) is 17.7 Å². The van der Waals surface area contributed by atoms with Gasteiger partial charge in [0.1, 0.15) is 23.0 Å². The van der Waals surface area contributed by atoms with Gasteiger partial charge in [-0.2, -0.15) is 13.2 Å². The topological polar surface area (TPSA) is 180 Å².